The number of halogens is 1. The molecule has 1 aromatic heterocycles. The minimum atomic E-state index is -0.389. The number of pyridine rings is 1. The fourth-order valence-corrected chi connectivity index (χ4v) is 2.85. The van der Waals surface area contributed by atoms with Gasteiger partial charge >= 0.3 is 0 Å². The smallest absolute Gasteiger partial charge is 0.263 e. The summed E-state index contributed by atoms with van der Waals surface area (Å²) in [7, 11) is 0. The van der Waals surface area contributed by atoms with Crippen LogP contribution in [0.4, 0.5) is 0 Å². The molecule has 3 aromatic rings. The molecule has 1 N–H and O–H groups in total. The van der Waals surface area contributed by atoms with Gasteiger partial charge in [0.05, 0.1) is 12.6 Å². The largest absolute Gasteiger partial charge is 0.345 e. The molecule has 0 saturated heterocycles. The topological polar surface area (TPSA) is 51.1 Å². The number of amides is 1. The van der Waals surface area contributed by atoms with Crippen LogP contribution in [-0.4, -0.2) is 10.5 Å². The van der Waals surface area contributed by atoms with Crippen molar-refractivity contribution in [1.29, 1.82) is 0 Å². The van der Waals surface area contributed by atoms with Gasteiger partial charge in [-0.2, -0.15) is 0 Å². The first-order valence-electron chi connectivity index (χ1n) is 8.34. The molecule has 3 rings (SSSR count). The summed E-state index contributed by atoms with van der Waals surface area (Å²) in [5.74, 6) is -0.389. The van der Waals surface area contributed by atoms with E-state index in [9.17, 15) is 9.59 Å². The lowest BCUT2D eigenvalue weighted by atomic mass is 10.1. The fourth-order valence-electron chi connectivity index (χ4n) is 2.72. The van der Waals surface area contributed by atoms with Gasteiger partial charge in [0, 0.05) is 11.2 Å². The van der Waals surface area contributed by atoms with Crippen LogP contribution >= 0.6 is 11.6 Å². The van der Waals surface area contributed by atoms with Crippen molar-refractivity contribution in [3.8, 4) is 0 Å². The maximum absolute atomic E-state index is 12.7. The van der Waals surface area contributed by atoms with Crippen LogP contribution in [0.5, 0.6) is 0 Å². The molecule has 0 radical (unpaired) electrons. The van der Waals surface area contributed by atoms with Crippen molar-refractivity contribution in [2.45, 2.75) is 19.5 Å². The molecule has 0 fully saturated rings. The van der Waals surface area contributed by atoms with Crippen molar-refractivity contribution in [3.05, 3.63) is 105 Å². The molecule has 0 spiro atoms. The van der Waals surface area contributed by atoms with Gasteiger partial charge in [-0.15, -0.1) is 0 Å². The third-order valence-corrected chi connectivity index (χ3v) is 4.43. The van der Waals surface area contributed by atoms with Crippen LogP contribution in [0.15, 0.2) is 77.7 Å². The van der Waals surface area contributed by atoms with Gasteiger partial charge in [0.15, 0.2) is 0 Å². The van der Waals surface area contributed by atoms with Crippen LogP contribution in [0.3, 0.4) is 0 Å². The number of nitrogens with one attached hydrogen (secondary N) is 1. The van der Waals surface area contributed by atoms with Crippen molar-refractivity contribution in [2.75, 3.05) is 0 Å². The summed E-state index contributed by atoms with van der Waals surface area (Å²) in [6.07, 6.45) is 1.69. The first kappa shape index (κ1) is 18.0. The SMILES string of the molecule is CC(NC(=O)c1cccn(Cc2ccccc2)c1=O)c1ccc(Cl)cc1. The fraction of sp³-hybridized carbons (Fsp3) is 0.143. The second-order valence-electron chi connectivity index (χ2n) is 6.09. The average Bonchev–Trinajstić information content (AvgIpc) is 2.64. The molecule has 0 aliphatic carbocycles. The van der Waals surface area contributed by atoms with E-state index in [4.69, 9.17) is 11.6 Å². The van der Waals surface area contributed by atoms with Gasteiger partial charge in [-0.25, -0.2) is 0 Å². The van der Waals surface area contributed by atoms with E-state index < -0.39 is 0 Å². The van der Waals surface area contributed by atoms with E-state index in [1.165, 1.54) is 4.57 Å². The lowest BCUT2D eigenvalue weighted by molar-refractivity contribution is 0.0937. The zero-order valence-electron chi connectivity index (χ0n) is 14.4. The van der Waals surface area contributed by atoms with Crippen LogP contribution in [-0.2, 0) is 6.54 Å². The predicted octanol–water partition coefficient (Wildman–Crippen LogP) is 4.04. The Morgan fingerprint density at radius 2 is 1.73 bits per heavy atom. The number of carbonyl (C=O) groups is 1. The maximum atomic E-state index is 12.7. The number of aromatic nitrogens is 1. The highest BCUT2D eigenvalue weighted by molar-refractivity contribution is 6.30. The number of rotatable bonds is 5. The molecule has 26 heavy (non-hydrogen) atoms. The van der Waals surface area contributed by atoms with E-state index >= 15 is 0 Å². The van der Waals surface area contributed by atoms with Gasteiger partial charge in [-0.1, -0.05) is 54.1 Å². The van der Waals surface area contributed by atoms with Crippen LogP contribution < -0.4 is 10.9 Å². The number of nitrogens with zero attached hydrogens (tertiary/aromatic N) is 1. The van der Waals surface area contributed by atoms with Crippen molar-refractivity contribution in [3.63, 3.8) is 0 Å². The quantitative estimate of drug-likeness (QED) is 0.740. The molecule has 2 aromatic carbocycles. The summed E-state index contributed by atoms with van der Waals surface area (Å²) in [5.41, 5.74) is 1.74. The van der Waals surface area contributed by atoms with E-state index in [0.29, 0.717) is 11.6 Å². The zero-order valence-corrected chi connectivity index (χ0v) is 15.1. The van der Waals surface area contributed by atoms with Crippen molar-refractivity contribution >= 4 is 17.5 Å². The van der Waals surface area contributed by atoms with Gasteiger partial charge in [-0.05, 0) is 42.3 Å². The first-order chi connectivity index (χ1) is 12.5. The van der Waals surface area contributed by atoms with Crippen LogP contribution in [0, 0.1) is 0 Å². The predicted molar refractivity (Wildman–Crippen MR) is 104 cm³/mol. The van der Waals surface area contributed by atoms with Crippen LogP contribution in [0.25, 0.3) is 0 Å². The second kappa shape index (κ2) is 8.02. The van der Waals surface area contributed by atoms with E-state index in [1.54, 1.807) is 30.5 Å². The molecular weight excluding hydrogens is 348 g/mol. The van der Waals surface area contributed by atoms with E-state index in [0.717, 1.165) is 11.1 Å². The third kappa shape index (κ3) is 4.21. The number of hydrogen-bond acceptors (Lipinski definition) is 2. The molecule has 0 aliphatic rings. The highest BCUT2D eigenvalue weighted by atomic mass is 35.5. The summed E-state index contributed by atoms with van der Waals surface area (Å²) in [5, 5.41) is 3.51. The van der Waals surface area contributed by atoms with Crippen molar-refractivity contribution in [1.82, 2.24) is 9.88 Å². The summed E-state index contributed by atoms with van der Waals surface area (Å²) in [6.45, 7) is 2.29. The molecule has 1 heterocycles. The summed E-state index contributed by atoms with van der Waals surface area (Å²) < 4.78 is 1.54. The Bertz CT molecular complexity index is 950. The van der Waals surface area contributed by atoms with Crippen LogP contribution in [0.2, 0.25) is 5.02 Å². The van der Waals surface area contributed by atoms with E-state index in [2.05, 4.69) is 5.32 Å². The highest BCUT2D eigenvalue weighted by Crippen LogP contribution is 2.16. The number of hydrogen-bond donors (Lipinski definition) is 1. The summed E-state index contributed by atoms with van der Waals surface area (Å²) in [4.78, 5) is 25.2. The van der Waals surface area contributed by atoms with Crippen LogP contribution in [0.1, 0.15) is 34.5 Å². The number of carbonyl (C=O) groups excluding carboxylic acids is 1. The molecule has 0 aliphatic heterocycles. The molecule has 5 heteroatoms. The van der Waals surface area contributed by atoms with E-state index in [-0.39, 0.29) is 23.1 Å². The van der Waals surface area contributed by atoms with Gasteiger partial charge in [-0.3, -0.25) is 9.59 Å². The molecular formula is C21H19ClN2O2. The molecule has 132 valence electrons. The Labute approximate surface area is 157 Å². The molecule has 1 atom stereocenters. The minimum Gasteiger partial charge on any atom is -0.345 e. The normalized spacial score (nSPS) is 11.8. The minimum absolute atomic E-state index is 0.129. The monoisotopic (exact) mass is 366 g/mol. The summed E-state index contributed by atoms with van der Waals surface area (Å²) in [6, 6.07) is 19.9. The summed E-state index contributed by atoms with van der Waals surface area (Å²) >= 11 is 5.89. The van der Waals surface area contributed by atoms with E-state index in [1.807, 2.05) is 49.4 Å². The highest BCUT2D eigenvalue weighted by Gasteiger charge is 2.15. The Balaban J connectivity index is 1.78. The molecule has 4 nitrogen and oxygen atoms in total. The molecule has 1 amide bonds. The molecule has 0 saturated carbocycles. The molecule has 1 unspecified atom stereocenters. The van der Waals surface area contributed by atoms with Gasteiger partial charge < -0.3 is 9.88 Å². The second-order valence-corrected chi connectivity index (χ2v) is 6.52. The van der Waals surface area contributed by atoms with Gasteiger partial charge in [0.2, 0.25) is 0 Å². The lowest BCUT2D eigenvalue weighted by Crippen LogP contribution is -2.34. The first-order valence-corrected chi connectivity index (χ1v) is 8.72. The van der Waals surface area contributed by atoms with Crippen molar-refractivity contribution < 1.29 is 4.79 Å². The average molecular weight is 367 g/mol. The van der Waals surface area contributed by atoms with Gasteiger partial charge in [0.1, 0.15) is 5.56 Å². The third-order valence-electron chi connectivity index (χ3n) is 4.18. The van der Waals surface area contributed by atoms with Gasteiger partial charge in [0.25, 0.3) is 11.5 Å². The van der Waals surface area contributed by atoms with Crippen molar-refractivity contribution in [2.24, 2.45) is 0 Å². The Hall–Kier alpha value is -2.85. The maximum Gasteiger partial charge on any atom is 0.263 e. The zero-order chi connectivity index (χ0) is 18.5. The number of benzene rings is 2. The Morgan fingerprint density at radius 1 is 1.04 bits per heavy atom. The standard InChI is InChI=1S/C21H19ClN2O2/c1-15(17-9-11-18(22)12-10-17)23-20(25)19-8-5-13-24(21(19)26)14-16-6-3-2-4-7-16/h2-13,15H,14H2,1H3,(H,23,25). The lowest BCUT2D eigenvalue weighted by Gasteiger charge is -2.15. The Morgan fingerprint density at radius 3 is 2.42 bits per heavy atom. The molecule has 0 bridgehead atoms. The Kier molecular flexibility index (Phi) is 5.54.